The summed E-state index contributed by atoms with van der Waals surface area (Å²) in [6, 6.07) is 24.3. The van der Waals surface area contributed by atoms with Crippen LogP contribution in [0.25, 0.3) is 0 Å². The molecule has 206 valence electrons. The van der Waals surface area contributed by atoms with Crippen molar-refractivity contribution in [2.24, 2.45) is 5.92 Å². The van der Waals surface area contributed by atoms with Gasteiger partial charge in [0.15, 0.2) is 0 Å². The standard InChI is InChI=1S/C31H26N4O4S2/c1-19-13-14-25-26(18-32)31(41-27(25)15-19)34-30(37)28(20-7-3-2-4-8-20)40-24-12-6-10-22(17-24)33-29(36)21-9-5-11-23(16-21)35(38)39/h2-12,16-17,19,28H,13-15H2,1H3,(H,33,36)(H,34,37). The third kappa shape index (κ3) is 6.48. The van der Waals surface area contributed by atoms with Crippen molar-refractivity contribution < 1.29 is 14.5 Å². The Kier molecular flexibility index (Phi) is 8.47. The Morgan fingerprint density at radius 3 is 2.61 bits per heavy atom. The molecular weight excluding hydrogens is 556 g/mol. The van der Waals surface area contributed by atoms with E-state index in [1.165, 1.54) is 52.2 Å². The predicted octanol–water partition coefficient (Wildman–Crippen LogP) is 7.38. The zero-order valence-corrected chi connectivity index (χ0v) is 23.8. The van der Waals surface area contributed by atoms with Crippen molar-refractivity contribution in [2.75, 3.05) is 10.6 Å². The number of thioether (sulfide) groups is 1. The van der Waals surface area contributed by atoms with E-state index in [4.69, 9.17) is 0 Å². The maximum Gasteiger partial charge on any atom is 0.270 e. The highest BCUT2D eigenvalue weighted by molar-refractivity contribution is 8.00. The van der Waals surface area contributed by atoms with E-state index in [9.17, 15) is 25.0 Å². The zero-order valence-electron chi connectivity index (χ0n) is 22.1. The minimum atomic E-state index is -0.622. The number of benzene rings is 3. The van der Waals surface area contributed by atoms with Crippen LogP contribution in [0.5, 0.6) is 0 Å². The number of hydrogen-bond donors (Lipinski definition) is 2. The lowest BCUT2D eigenvalue weighted by molar-refractivity contribution is -0.384. The number of nitrogens with one attached hydrogen (secondary N) is 2. The van der Waals surface area contributed by atoms with Crippen molar-refractivity contribution in [1.29, 1.82) is 5.26 Å². The number of rotatable bonds is 8. The molecule has 2 amide bonds. The third-order valence-corrected chi connectivity index (χ3v) is 9.28. The molecular formula is C31H26N4O4S2. The fourth-order valence-electron chi connectivity index (χ4n) is 4.78. The number of nitro benzene ring substituents is 1. The summed E-state index contributed by atoms with van der Waals surface area (Å²) >= 11 is 2.82. The van der Waals surface area contributed by atoms with Gasteiger partial charge in [-0.1, -0.05) is 49.4 Å². The Labute approximate surface area is 245 Å². The highest BCUT2D eigenvalue weighted by atomic mass is 32.2. The SMILES string of the molecule is CC1CCc2c(sc(NC(=O)C(Sc3cccc(NC(=O)c4cccc([N+](=O)[O-])c4)c3)c3ccccc3)c2C#N)C1. The number of non-ortho nitro benzene ring substituents is 1. The van der Waals surface area contributed by atoms with Crippen LogP contribution >= 0.6 is 23.1 Å². The van der Waals surface area contributed by atoms with E-state index >= 15 is 0 Å². The quantitative estimate of drug-likeness (QED) is 0.127. The lowest BCUT2D eigenvalue weighted by Crippen LogP contribution is -2.19. The number of nitriles is 1. The smallest absolute Gasteiger partial charge is 0.270 e. The highest BCUT2D eigenvalue weighted by Crippen LogP contribution is 2.42. The Bertz CT molecular complexity index is 1660. The van der Waals surface area contributed by atoms with Gasteiger partial charge in [0.1, 0.15) is 16.3 Å². The maximum atomic E-state index is 13.7. The Balaban J connectivity index is 1.37. The molecule has 41 heavy (non-hydrogen) atoms. The molecule has 0 radical (unpaired) electrons. The molecule has 1 heterocycles. The highest BCUT2D eigenvalue weighted by Gasteiger charge is 2.28. The molecule has 1 aromatic heterocycles. The van der Waals surface area contributed by atoms with Crippen molar-refractivity contribution in [1.82, 2.24) is 0 Å². The van der Waals surface area contributed by atoms with Crippen LogP contribution in [0.15, 0.2) is 83.8 Å². The fraction of sp³-hybridized carbons (Fsp3) is 0.194. The van der Waals surface area contributed by atoms with Gasteiger partial charge in [-0.3, -0.25) is 19.7 Å². The van der Waals surface area contributed by atoms with Gasteiger partial charge in [0.2, 0.25) is 5.91 Å². The molecule has 1 aliphatic rings. The van der Waals surface area contributed by atoms with E-state index in [1.54, 1.807) is 18.2 Å². The largest absolute Gasteiger partial charge is 0.322 e. The van der Waals surface area contributed by atoms with E-state index in [-0.39, 0.29) is 17.2 Å². The minimum Gasteiger partial charge on any atom is -0.322 e. The first-order chi connectivity index (χ1) is 19.8. The average molecular weight is 583 g/mol. The van der Waals surface area contributed by atoms with Gasteiger partial charge in [-0.15, -0.1) is 23.1 Å². The van der Waals surface area contributed by atoms with Gasteiger partial charge < -0.3 is 10.6 Å². The number of carbonyl (C=O) groups excluding carboxylic acids is 2. The first kappa shape index (κ1) is 28.1. The van der Waals surface area contributed by atoms with Gasteiger partial charge in [0.05, 0.1) is 10.5 Å². The van der Waals surface area contributed by atoms with Crippen LogP contribution in [0.3, 0.4) is 0 Å². The van der Waals surface area contributed by atoms with Gasteiger partial charge in [-0.05, 0) is 60.6 Å². The Morgan fingerprint density at radius 1 is 1.07 bits per heavy atom. The first-order valence-electron chi connectivity index (χ1n) is 13.1. The number of thiophene rings is 1. The normalized spacial score (nSPS) is 14.8. The first-order valence-corrected chi connectivity index (χ1v) is 14.7. The van der Waals surface area contributed by atoms with Crippen molar-refractivity contribution in [3.8, 4) is 6.07 Å². The second-order valence-electron chi connectivity index (χ2n) is 9.85. The van der Waals surface area contributed by atoms with Crippen LogP contribution in [0, 0.1) is 27.4 Å². The molecule has 3 aromatic carbocycles. The van der Waals surface area contributed by atoms with Gasteiger partial charge in [0, 0.05) is 33.2 Å². The van der Waals surface area contributed by atoms with Crippen molar-refractivity contribution in [3.63, 3.8) is 0 Å². The molecule has 0 saturated carbocycles. The Morgan fingerprint density at radius 2 is 1.85 bits per heavy atom. The number of nitro groups is 1. The molecule has 0 fully saturated rings. The molecule has 4 aromatic rings. The van der Waals surface area contributed by atoms with Crippen molar-refractivity contribution in [3.05, 3.63) is 116 Å². The van der Waals surface area contributed by atoms with Gasteiger partial charge in [-0.25, -0.2) is 0 Å². The van der Waals surface area contributed by atoms with Crippen molar-refractivity contribution >= 4 is 51.3 Å². The van der Waals surface area contributed by atoms with E-state index in [0.717, 1.165) is 35.3 Å². The summed E-state index contributed by atoms with van der Waals surface area (Å²) in [6.07, 6.45) is 2.79. The summed E-state index contributed by atoms with van der Waals surface area (Å²) in [4.78, 5) is 39.0. The number of nitrogens with zero attached hydrogens (tertiary/aromatic N) is 2. The van der Waals surface area contributed by atoms with Crippen LogP contribution in [-0.4, -0.2) is 16.7 Å². The number of hydrogen-bond acceptors (Lipinski definition) is 7. The van der Waals surface area contributed by atoms with Crippen LogP contribution in [-0.2, 0) is 17.6 Å². The van der Waals surface area contributed by atoms with Crippen LogP contribution in [0.4, 0.5) is 16.4 Å². The van der Waals surface area contributed by atoms with Gasteiger partial charge >= 0.3 is 0 Å². The summed E-state index contributed by atoms with van der Waals surface area (Å²) in [7, 11) is 0. The van der Waals surface area contributed by atoms with E-state index in [1.807, 2.05) is 36.4 Å². The number of amides is 2. The molecule has 5 rings (SSSR count). The van der Waals surface area contributed by atoms with Crippen LogP contribution < -0.4 is 10.6 Å². The van der Waals surface area contributed by atoms with Gasteiger partial charge in [0.25, 0.3) is 11.6 Å². The summed E-state index contributed by atoms with van der Waals surface area (Å²) in [5.74, 6) is -0.169. The lowest BCUT2D eigenvalue weighted by atomic mass is 9.88. The van der Waals surface area contributed by atoms with E-state index in [0.29, 0.717) is 22.2 Å². The molecule has 2 N–H and O–H groups in total. The third-order valence-electron chi connectivity index (χ3n) is 6.87. The number of anilines is 2. The van der Waals surface area contributed by atoms with Crippen LogP contribution in [0.1, 0.15) is 50.5 Å². The summed E-state index contributed by atoms with van der Waals surface area (Å²) < 4.78 is 0. The molecule has 0 aliphatic heterocycles. The fourth-order valence-corrected chi connectivity index (χ4v) is 7.23. The lowest BCUT2D eigenvalue weighted by Gasteiger charge is -2.17. The molecule has 2 atom stereocenters. The summed E-state index contributed by atoms with van der Waals surface area (Å²) in [5.41, 5.74) is 2.91. The number of carbonyl (C=O) groups is 2. The number of fused-ring (bicyclic) bond motifs is 1. The molecule has 2 unspecified atom stereocenters. The van der Waals surface area contributed by atoms with Crippen LogP contribution in [0.2, 0.25) is 0 Å². The summed E-state index contributed by atoms with van der Waals surface area (Å²) in [5, 5.41) is 26.8. The second-order valence-corrected chi connectivity index (χ2v) is 12.1. The second kappa shape index (κ2) is 12.4. The summed E-state index contributed by atoms with van der Waals surface area (Å²) in [6.45, 7) is 2.20. The molecule has 0 bridgehead atoms. The predicted molar refractivity (Wildman–Crippen MR) is 161 cm³/mol. The molecule has 1 aliphatic carbocycles. The maximum absolute atomic E-state index is 13.7. The Hall–Kier alpha value is -4.46. The average Bonchev–Trinajstić information content (AvgIpc) is 3.32. The topological polar surface area (TPSA) is 125 Å². The van der Waals surface area contributed by atoms with E-state index in [2.05, 4.69) is 23.6 Å². The zero-order chi connectivity index (χ0) is 28.9. The monoisotopic (exact) mass is 582 g/mol. The van der Waals surface area contributed by atoms with Crippen molar-refractivity contribution in [2.45, 2.75) is 36.3 Å². The molecule has 8 nitrogen and oxygen atoms in total. The molecule has 0 spiro atoms. The van der Waals surface area contributed by atoms with Gasteiger partial charge in [-0.2, -0.15) is 5.26 Å². The molecule has 0 saturated heterocycles. The van der Waals surface area contributed by atoms with E-state index < -0.39 is 16.1 Å². The molecule has 10 heteroatoms. The minimum absolute atomic E-state index is 0.167.